The number of carbonyl (C=O) groups excluding carboxylic acids is 1. The van der Waals surface area contributed by atoms with Crippen LogP contribution in [-0.4, -0.2) is 55.7 Å². The first-order valence-corrected chi connectivity index (χ1v) is 8.06. The molecule has 2 unspecified atom stereocenters. The molecule has 1 rings (SSSR count). The molecule has 2 atom stereocenters. The molecule has 0 aromatic carbocycles. The first kappa shape index (κ1) is 15.4. The molecule has 1 heterocycles. The van der Waals surface area contributed by atoms with E-state index in [4.69, 9.17) is 5.11 Å². The molecule has 0 aromatic rings. The lowest BCUT2D eigenvalue weighted by molar-refractivity contribution is -0.124. The summed E-state index contributed by atoms with van der Waals surface area (Å²) in [6.45, 7) is 2.91. The molecule has 0 spiro atoms. The highest BCUT2D eigenvalue weighted by Gasteiger charge is 2.36. The molecule has 1 amide bonds. The van der Waals surface area contributed by atoms with Gasteiger partial charge in [0.25, 0.3) is 0 Å². The molecule has 0 aromatic heterocycles. The normalized spacial score (nSPS) is 22.9. The fourth-order valence-electron chi connectivity index (χ4n) is 2.11. The lowest BCUT2D eigenvalue weighted by Crippen LogP contribution is -2.46. The van der Waals surface area contributed by atoms with E-state index in [1.54, 1.807) is 0 Å². The average Bonchev–Trinajstić information content (AvgIpc) is 2.74. The van der Waals surface area contributed by atoms with Crippen LogP contribution in [0.4, 0.5) is 0 Å². The van der Waals surface area contributed by atoms with E-state index in [0.717, 1.165) is 12.7 Å². The van der Waals surface area contributed by atoms with Gasteiger partial charge in [0.15, 0.2) is 0 Å². The molecule has 0 bridgehead atoms. The number of rotatable bonds is 6. The highest BCUT2D eigenvalue weighted by atomic mass is 32.2. The minimum Gasteiger partial charge on any atom is -0.396 e. The number of hydrogen-bond acceptors (Lipinski definition) is 4. The molecule has 1 saturated heterocycles. The van der Waals surface area contributed by atoms with E-state index in [1.807, 2.05) is 6.92 Å². The standard InChI is InChI=1S/C11H22N2O4S/c1-9(5-7-14)8-12-11(15)10-4-3-6-13(10)18(2,16)17/h9-10,14H,3-8H2,1-2H3,(H,12,15). The SMILES string of the molecule is CC(CCO)CNC(=O)C1CCCN1S(C)(=O)=O. The molecule has 0 aliphatic carbocycles. The summed E-state index contributed by atoms with van der Waals surface area (Å²) in [5.41, 5.74) is 0. The number of carbonyl (C=O) groups is 1. The van der Waals surface area contributed by atoms with Crippen molar-refractivity contribution in [1.29, 1.82) is 0 Å². The fourth-order valence-corrected chi connectivity index (χ4v) is 3.24. The molecule has 2 N–H and O–H groups in total. The highest BCUT2D eigenvalue weighted by Crippen LogP contribution is 2.20. The lowest BCUT2D eigenvalue weighted by Gasteiger charge is -2.22. The van der Waals surface area contributed by atoms with Crippen molar-refractivity contribution in [3.63, 3.8) is 0 Å². The molecular formula is C11H22N2O4S. The van der Waals surface area contributed by atoms with E-state index in [0.29, 0.717) is 25.9 Å². The Morgan fingerprint density at radius 3 is 2.78 bits per heavy atom. The van der Waals surface area contributed by atoms with Crippen molar-refractivity contribution >= 4 is 15.9 Å². The maximum atomic E-state index is 11.9. The molecule has 0 saturated carbocycles. The molecule has 1 aliphatic heterocycles. The topological polar surface area (TPSA) is 86.7 Å². The number of aliphatic hydroxyl groups is 1. The van der Waals surface area contributed by atoms with Gasteiger partial charge in [-0.3, -0.25) is 4.79 Å². The van der Waals surface area contributed by atoms with Crippen LogP contribution < -0.4 is 5.32 Å². The van der Waals surface area contributed by atoms with Gasteiger partial charge >= 0.3 is 0 Å². The van der Waals surface area contributed by atoms with E-state index in [-0.39, 0.29) is 18.4 Å². The predicted molar refractivity (Wildman–Crippen MR) is 68.4 cm³/mol. The highest BCUT2D eigenvalue weighted by molar-refractivity contribution is 7.88. The zero-order valence-electron chi connectivity index (χ0n) is 10.9. The van der Waals surface area contributed by atoms with Crippen molar-refractivity contribution in [2.24, 2.45) is 5.92 Å². The summed E-state index contributed by atoms with van der Waals surface area (Å²) in [7, 11) is -3.31. The van der Waals surface area contributed by atoms with Gasteiger partial charge in [-0.05, 0) is 25.2 Å². The predicted octanol–water partition coefficient (Wildman–Crippen LogP) is -0.455. The van der Waals surface area contributed by atoms with Crippen LogP contribution in [0.15, 0.2) is 0 Å². The van der Waals surface area contributed by atoms with E-state index in [9.17, 15) is 13.2 Å². The number of amides is 1. The second-order valence-corrected chi connectivity index (χ2v) is 6.83. The van der Waals surface area contributed by atoms with E-state index in [1.165, 1.54) is 4.31 Å². The van der Waals surface area contributed by atoms with Crippen molar-refractivity contribution in [3.05, 3.63) is 0 Å². The zero-order chi connectivity index (χ0) is 13.8. The van der Waals surface area contributed by atoms with Crippen LogP contribution in [-0.2, 0) is 14.8 Å². The van der Waals surface area contributed by atoms with Crippen LogP contribution >= 0.6 is 0 Å². The molecular weight excluding hydrogens is 256 g/mol. The Morgan fingerprint density at radius 1 is 1.56 bits per heavy atom. The van der Waals surface area contributed by atoms with Gasteiger partial charge in [-0.2, -0.15) is 4.31 Å². The van der Waals surface area contributed by atoms with Gasteiger partial charge in [0.05, 0.1) is 6.26 Å². The Hall–Kier alpha value is -0.660. The van der Waals surface area contributed by atoms with Crippen molar-refractivity contribution in [2.75, 3.05) is 26.0 Å². The number of hydrogen-bond donors (Lipinski definition) is 2. The second-order valence-electron chi connectivity index (χ2n) is 4.89. The summed E-state index contributed by atoms with van der Waals surface area (Å²) in [6.07, 6.45) is 3.05. The first-order valence-electron chi connectivity index (χ1n) is 6.21. The monoisotopic (exact) mass is 278 g/mol. The van der Waals surface area contributed by atoms with Crippen LogP contribution in [0, 0.1) is 5.92 Å². The molecule has 18 heavy (non-hydrogen) atoms. The van der Waals surface area contributed by atoms with Crippen LogP contribution in [0.2, 0.25) is 0 Å². The fraction of sp³-hybridized carbons (Fsp3) is 0.909. The Labute approximate surface area is 108 Å². The second kappa shape index (κ2) is 6.49. The van der Waals surface area contributed by atoms with Crippen molar-refractivity contribution in [1.82, 2.24) is 9.62 Å². The molecule has 7 heteroatoms. The van der Waals surface area contributed by atoms with Crippen LogP contribution in [0.25, 0.3) is 0 Å². The van der Waals surface area contributed by atoms with Crippen LogP contribution in [0.1, 0.15) is 26.2 Å². The zero-order valence-corrected chi connectivity index (χ0v) is 11.7. The van der Waals surface area contributed by atoms with Crippen molar-refractivity contribution in [3.8, 4) is 0 Å². The van der Waals surface area contributed by atoms with Gasteiger partial charge in [-0.25, -0.2) is 8.42 Å². The minimum atomic E-state index is -3.31. The first-order chi connectivity index (χ1) is 8.36. The van der Waals surface area contributed by atoms with Gasteiger partial charge in [-0.15, -0.1) is 0 Å². The van der Waals surface area contributed by atoms with E-state index >= 15 is 0 Å². The third kappa shape index (κ3) is 4.22. The van der Waals surface area contributed by atoms with Crippen LogP contribution in [0.3, 0.4) is 0 Å². The molecule has 106 valence electrons. The molecule has 0 radical (unpaired) electrons. The molecule has 1 fully saturated rings. The Balaban J connectivity index is 2.51. The van der Waals surface area contributed by atoms with Gasteiger partial charge in [0, 0.05) is 19.7 Å². The molecule has 6 nitrogen and oxygen atoms in total. The summed E-state index contributed by atoms with van der Waals surface area (Å²) < 4.78 is 24.3. The summed E-state index contributed by atoms with van der Waals surface area (Å²) in [5, 5.41) is 11.5. The maximum absolute atomic E-state index is 11.9. The Kier molecular flexibility index (Phi) is 5.55. The third-order valence-electron chi connectivity index (χ3n) is 3.18. The van der Waals surface area contributed by atoms with E-state index in [2.05, 4.69) is 5.32 Å². The number of nitrogens with one attached hydrogen (secondary N) is 1. The van der Waals surface area contributed by atoms with Gasteiger partial charge in [-0.1, -0.05) is 6.92 Å². The van der Waals surface area contributed by atoms with Crippen molar-refractivity contribution < 1.29 is 18.3 Å². The maximum Gasteiger partial charge on any atom is 0.238 e. The summed E-state index contributed by atoms with van der Waals surface area (Å²) in [6, 6.07) is -0.568. The largest absolute Gasteiger partial charge is 0.396 e. The summed E-state index contributed by atoms with van der Waals surface area (Å²) >= 11 is 0. The summed E-state index contributed by atoms with van der Waals surface area (Å²) in [5.74, 6) is -0.0465. The van der Waals surface area contributed by atoms with E-state index < -0.39 is 16.1 Å². The minimum absolute atomic E-state index is 0.0932. The van der Waals surface area contributed by atoms with Gasteiger partial charge in [0.2, 0.25) is 15.9 Å². The lowest BCUT2D eigenvalue weighted by atomic mass is 10.1. The number of sulfonamides is 1. The quantitative estimate of drug-likeness (QED) is 0.688. The Bertz CT molecular complexity index is 383. The van der Waals surface area contributed by atoms with Gasteiger partial charge in [0.1, 0.15) is 6.04 Å². The molecule has 1 aliphatic rings. The van der Waals surface area contributed by atoms with Crippen molar-refractivity contribution in [2.45, 2.75) is 32.2 Å². The number of aliphatic hydroxyl groups excluding tert-OH is 1. The number of nitrogens with zero attached hydrogens (tertiary/aromatic N) is 1. The van der Waals surface area contributed by atoms with Gasteiger partial charge < -0.3 is 10.4 Å². The third-order valence-corrected chi connectivity index (χ3v) is 4.47. The smallest absolute Gasteiger partial charge is 0.238 e. The Morgan fingerprint density at radius 2 is 2.22 bits per heavy atom. The average molecular weight is 278 g/mol. The van der Waals surface area contributed by atoms with Crippen LogP contribution in [0.5, 0.6) is 0 Å². The summed E-state index contributed by atoms with van der Waals surface area (Å²) in [4.78, 5) is 11.9.